The second kappa shape index (κ2) is 5.75. The van der Waals surface area contributed by atoms with Gasteiger partial charge >= 0.3 is 5.97 Å². The van der Waals surface area contributed by atoms with Gasteiger partial charge in [-0.1, -0.05) is 11.6 Å². The Balaban J connectivity index is 2.35. The van der Waals surface area contributed by atoms with Crippen molar-refractivity contribution in [2.24, 2.45) is 5.73 Å². The van der Waals surface area contributed by atoms with Crippen LogP contribution in [0.3, 0.4) is 0 Å². The fourth-order valence-corrected chi connectivity index (χ4v) is 3.48. The highest BCUT2D eigenvalue weighted by molar-refractivity contribution is 6.38. The van der Waals surface area contributed by atoms with Gasteiger partial charge in [-0.3, -0.25) is 4.79 Å². The number of nitrogens with zero attached hydrogens (tertiary/aromatic N) is 2. The SMILES string of the molecule is CCn1cc(C(=O)O)c(=O)c2cc(F)c(N3C[C@H](N)[C@H]3C)c(Cl)c21. The number of fused-ring (bicyclic) bond motifs is 1. The molecule has 3 N–H and O–H groups in total. The maximum absolute atomic E-state index is 14.6. The molecule has 6 nitrogen and oxygen atoms in total. The standard InChI is InChI=1S/C16H17ClFN3O3/c1-3-20-5-9(16(23)24)15(22)8-4-10(18)14(12(17)13(8)20)21-6-11(19)7(21)2/h4-5,7,11H,3,6,19H2,1-2H3,(H,23,24)/t7-,11+/m1/s1. The van der Waals surface area contributed by atoms with Crippen LogP contribution in [0.25, 0.3) is 10.9 Å². The molecule has 128 valence electrons. The summed E-state index contributed by atoms with van der Waals surface area (Å²) in [4.78, 5) is 25.4. The van der Waals surface area contributed by atoms with Crippen LogP contribution < -0.4 is 16.1 Å². The summed E-state index contributed by atoms with van der Waals surface area (Å²) in [6.45, 7) is 4.51. The minimum atomic E-state index is -1.35. The van der Waals surface area contributed by atoms with Crippen LogP contribution in [0.5, 0.6) is 0 Å². The van der Waals surface area contributed by atoms with Crippen LogP contribution in [0.4, 0.5) is 10.1 Å². The summed E-state index contributed by atoms with van der Waals surface area (Å²) in [5, 5.41) is 9.23. The zero-order valence-electron chi connectivity index (χ0n) is 13.2. The molecule has 0 unspecified atom stereocenters. The van der Waals surface area contributed by atoms with E-state index in [4.69, 9.17) is 17.3 Å². The van der Waals surface area contributed by atoms with Gasteiger partial charge in [0.2, 0.25) is 5.43 Å². The van der Waals surface area contributed by atoms with E-state index in [-0.39, 0.29) is 28.2 Å². The summed E-state index contributed by atoms with van der Waals surface area (Å²) in [5.41, 5.74) is 5.24. The molecule has 2 heterocycles. The normalized spacial score (nSPS) is 20.3. The number of halogens is 2. The van der Waals surface area contributed by atoms with E-state index < -0.39 is 22.8 Å². The number of carboxylic acid groups (broad SMARTS) is 1. The van der Waals surface area contributed by atoms with E-state index in [1.807, 2.05) is 6.92 Å². The summed E-state index contributed by atoms with van der Waals surface area (Å²) in [6, 6.07) is 0.919. The number of aromatic carboxylic acids is 1. The van der Waals surface area contributed by atoms with Gasteiger partial charge in [-0.2, -0.15) is 0 Å². The highest BCUT2D eigenvalue weighted by Gasteiger charge is 2.36. The number of carboxylic acids is 1. The zero-order valence-corrected chi connectivity index (χ0v) is 14.0. The molecule has 1 saturated heterocycles. The lowest BCUT2D eigenvalue weighted by Gasteiger charge is -2.46. The third-order valence-corrected chi connectivity index (χ3v) is 4.96. The van der Waals surface area contributed by atoms with Crippen LogP contribution in [0.15, 0.2) is 17.1 Å². The number of anilines is 1. The third kappa shape index (κ3) is 2.27. The van der Waals surface area contributed by atoms with Crippen molar-refractivity contribution in [1.82, 2.24) is 4.57 Å². The Bertz CT molecular complexity index is 912. The summed E-state index contributed by atoms with van der Waals surface area (Å²) in [6.07, 6.45) is 1.24. The Labute approximate surface area is 142 Å². The van der Waals surface area contributed by atoms with Crippen molar-refractivity contribution in [2.75, 3.05) is 11.4 Å². The Hall–Kier alpha value is -2.12. The third-order valence-electron chi connectivity index (χ3n) is 4.61. The molecule has 0 aliphatic carbocycles. The first-order valence-corrected chi connectivity index (χ1v) is 7.96. The number of aryl methyl sites for hydroxylation is 1. The van der Waals surface area contributed by atoms with Gasteiger partial charge in [0.1, 0.15) is 11.4 Å². The highest BCUT2D eigenvalue weighted by atomic mass is 35.5. The number of nitrogens with two attached hydrogens (primary N) is 1. The van der Waals surface area contributed by atoms with Crippen molar-refractivity contribution in [3.8, 4) is 0 Å². The van der Waals surface area contributed by atoms with Crippen molar-refractivity contribution in [2.45, 2.75) is 32.5 Å². The van der Waals surface area contributed by atoms with Crippen LogP contribution in [0.2, 0.25) is 5.02 Å². The Morgan fingerprint density at radius 3 is 2.71 bits per heavy atom. The number of hydrogen-bond donors (Lipinski definition) is 2. The second-order valence-electron chi connectivity index (χ2n) is 5.94. The summed E-state index contributed by atoms with van der Waals surface area (Å²) >= 11 is 6.43. The Morgan fingerprint density at radius 2 is 2.21 bits per heavy atom. The maximum Gasteiger partial charge on any atom is 0.341 e. The Morgan fingerprint density at radius 1 is 1.54 bits per heavy atom. The molecule has 0 radical (unpaired) electrons. The smallest absolute Gasteiger partial charge is 0.341 e. The topological polar surface area (TPSA) is 88.6 Å². The molecule has 24 heavy (non-hydrogen) atoms. The van der Waals surface area contributed by atoms with Gasteiger partial charge in [0.05, 0.1) is 21.6 Å². The number of hydrogen-bond acceptors (Lipinski definition) is 4. The van der Waals surface area contributed by atoms with Crippen LogP contribution in [0.1, 0.15) is 24.2 Å². The van der Waals surface area contributed by atoms with Crippen molar-refractivity contribution in [3.63, 3.8) is 0 Å². The van der Waals surface area contributed by atoms with Gasteiger partial charge in [-0.25, -0.2) is 9.18 Å². The Kier molecular flexibility index (Phi) is 4.01. The van der Waals surface area contributed by atoms with Gasteiger partial charge in [-0.15, -0.1) is 0 Å². The van der Waals surface area contributed by atoms with Gasteiger partial charge in [-0.05, 0) is 19.9 Å². The quantitative estimate of drug-likeness (QED) is 0.881. The van der Waals surface area contributed by atoms with Crippen molar-refractivity contribution >= 4 is 34.2 Å². The van der Waals surface area contributed by atoms with Gasteiger partial charge in [0.15, 0.2) is 0 Å². The summed E-state index contributed by atoms with van der Waals surface area (Å²) < 4.78 is 16.2. The van der Waals surface area contributed by atoms with E-state index in [0.717, 1.165) is 6.07 Å². The number of pyridine rings is 1. The van der Waals surface area contributed by atoms with Crippen molar-refractivity contribution in [1.29, 1.82) is 0 Å². The molecule has 0 bridgehead atoms. The number of rotatable bonds is 3. The molecule has 3 rings (SSSR count). The number of aromatic nitrogens is 1. The van der Waals surface area contributed by atoms with Crippen LogP contribution in [-0.4, -0.2) is 34.3 Å². The van der Waals surface area contributed by atoms with E-state index in [0.29, 0.717) is 18.6 Å². The highest BCUT2D eigenvalue weighted by Crippen LogP contribution is 2.39. The van der Waals surface area contributed by atoms with Crippen LogP contribution in [0, 0.1) is 5.82 Å². The predicted molar refractivity (Wildman–Crippen MR) is 90.6 cm³/mol. The lowest BCUT2D eigenvalue weighted by atomic mass is 9.97. The average molecular weight is 354 g/mol. The molecule has 2 atom stereocenters. The predicted octanol–water partition coefficient (Wildman–Crippen LogP) is 2.05. The van der Waals surface area contributed by atoms with Gasteiger partial charge in [0, 0.05) is 31.4 Å². The number of carbonyl (C=O) groups is 1. The second-order valence-corrected chi connectivity index (χ2v) is 6.31. The molecule has 8 heteroatoms. The fourth-order valence-electron chi connectivity index (χ4n) is 3.08. The molecule has 1 aromatic carbocycles. The molecular formula is C16H17ClFN3O3. The average Bonchev–Trinajstić information content (AvgIpc) is 2.54. The fraction of sp³-hybridized carbons (Fsp3) is 0.375. The molecular weight excluding hydrogens is 337 g/mol. The molecule has 1 aliphatic heterocycles. The zero-order chi connectivity index (χ0) is 17.8. The monoisotopic (exact) mass is 353 g/mol. The lowest BCUT2D eigenvalue weighted by molar-refractivity contribution is 0.0695. The van der Waals surface area contributed by atoms with E-state index in [1.54, 1.807) is 16.4 Å². The van der Waals surface area contributed by atoms with Crippen molar-refractivity contribution < 1.29 is 14.3 Å². The maximum atomic E-state index is 14.6. The van der Waals surface area contributed by atoms with Crippen LogP contribution in [-0.2, 0) is 6.54 Å². The minimum Gasteiger partial charge on any atom is -0.477 e. The van der Waals surface area contributed by atoms with E-state index in [1.165, 1.54) is 6.20 Å². The summed E-state index contributed by atoms with van der Waals surface area (Å²) in [5.74, 6) is -2.01. The van der Waals surface area contributed by atoms with Crippen molar-refractivity contribution in [3.05, 3.63) is 38.9 Å². The van der Waals surface area contributed by atoms with E-state index in [9.17, 15) is 19.1 Å². The molecule has 1 fully saturated rings. The molecule has 0 amide bonds. The van der Waals surface area contributed by atoms with E-state index >= 15 is 0 Å². The van der Waals surface area contributed by atoms with Crippen LogP contribution >= 0.6 is 11.6 Å². The first kappa shape index (κ1) is 16.7. The summed E-state index contributed by atoms with van der Waals surface area (Å²) in [7, 11) is 0. The minimum absolute atomic E-state index is 0.0412. The number of benzene rings is 1. The first-order chi connectivity index (χ1) is 11.3. The lowest BCUT2D eigenvalue weighted by Crippen LogP contribution is -2.63. The molecule has 1 aliphatic rings. The van der Waals surface area contributed by atoms with Gasteiger partial charge in [0.25, 0.3) is 0 Å². The molecule has 0 saturated carbocycles. The first-order valence-electron chi connectivity index (χ1n) is 7.58. The van der Waals surface area contributed by atoms with Gasteiger partial charge < -0.3 is 20.3 Å². The molecule has 1 aromatic heterocycles. The molecule has 2 aromatic rings. The molecule has 0 spiro atoms. The van der Waals surface area contributed by atoms with E-state index in [2.05, 4.69) is 0 Å². The largest absolute Gasteiger partial charge is 0.477 e.